The summed E-state index contributed by atoms with van der Waals surface area (Å²) in [6, 6.07) is 10.8. The minimum atomic E-state index is -0.278. The number of fused-ring (bicyclic) bond motifs is 1. The van der Waals surface area contributed by atoms with Gasteiger partial charge in [-0.25, -0.2) is 9.37 Å². The fourth-order valence-electron chi connectivity index (χ4n) is 2.65. The van der Waals surface area contributed by atoms with Gasteiger partial charge in [-0.3, -0.25) is 0 Å². The van der Waals surface area contributed by atoms with E-state index in [0.29, 0.717) is 11.2 Å². The van der Waals surface area contributed by atoms with Crippen LogP contribution in [0, 0.1) is 12.7 Å². The monoisotopic (exact) mass is 283 g/mol. The number of anilines is 1. The van der Waals surface area contributed by atoms with Crippen molar-refractivity contribution in [1.29, 1.82) is 0 Å². The molecule has 1 aromatic heterocycles. The zero-order valence-corrected chi connectivity index (χ0v) is 12.4. The molecule has 2 aromatic carbocycles. The summed E-state index contributed by atoms with van der Waals surface area (Å²) in [5, 5.41) is 0. The van der Waals surface area contributed by atoms with Gasteiger partial charge in [0.05, 0.1) is 11.0 Å². The molecule has 3 nitrogen and oxygen atoms in total. The number of nitrogens with two attached hydrogens (primary N) is 1. The summed E-state index contributed by atoms with van der Waals surface area (Å²) < 4.78 is 15.5. The highest BCUT2D eigenvalue weighted by atomic mass is 19.1. The fourth-order valence-corrected chi connectivity index (χ4v) is 2.65. The van der Waals surface area contributed by atoms with Crippen LogP contribution in [-0.2, 0) is 0 Å². The third kappa shape index (κ3) is 2.27. The summed E-state index contributed by atoms with van der Waals surface area (Å²) in [6.45, 7) is 6.19. The Bertz CT molecular complexity index is 818. The van der Waals surface area contributed by atoms with Crippen LogP contribution in [-0.4, -0.2) is 9.55 Å². The first-order valence-corrected chi connectivity index (χ1v) is 7.01. The van der Waals surface area contributed by atoms with E-state index in [1.165, 1.54) is 12.1 Å². The van der Waals surface area contributed by atoms with E-state index in [9.17, 15) is 4.39 Å². The standard InChI is InChI=1S/C17H18FN3/c1-10(2)21-16-7-5-12(18)9-15(16)20-17(21)13-8-11(3)4-6-14(13)19/h4-10H,19H2,1-3H3. The number of aryl methyl sites for hydroxylation is 1. The van der Waals surface area contributed by atoms with E-state index < -0.39 is 0 Å². The summed E-state index contributed by atoms with van der Waals surface area (Å²) in [6.07, 6.45) is 0. The van der Waals surface area contributed by atoms with Crippen molar-refractivity contribution in [2.45, 2.75) is 26.8 Å². The molecule has 108 valence electrons. The first-order chi connectivity index (χ1) is 9.97. The van der Waals surface area contributed by atoms with Gasteiger partial charge in [-0.2, -0.15) is 0 Å². The van der Waals surface area contributed by atoms with Crippen molar-refractivity contribution >= 4 is 16.7 Å². The molecule has 2 N–H and O–H groups in total. The summed E-state index contributed by atoms with van der Waals surface area (Å²) >= 11 is 0. The van der Waals surface area contributed by atoms with Crippen LogP contribution < -0.4 is 5.73 Å². The first-order valence-electron chi connectivity index (χ1n) is 7.01. The Hall–Kier alpha value is -2.36. The van der Waals surface area contributed by atoms with E-state index in [4.69, 9.17) is 5.73 Å². The largest absolute Gasteiger partial charge is 0.398 e. The van der Waals surface area contributed by atoms with E-state index in [2.05, 4.69) is 23.4 Å². The molecule has 0 aliphatic heterocycles. The van der Waals surface area contributed by atoms with Crippen LogP contribution in [0.5, 0.6) is 0 Å². The number of halogens is 1. The number of benzene rings is 2. The van der Waals surface area contributed by atoms with Gasteiger partial charge >= 0.3 is 0 Å². The Morgan fingerprint density at radius 2 is 1.90 bits per heavy atom. The number of hydrogen-bond donors (Lipinski definition) is 1. The molecular formula is C17H18FN3. The smallest absolute Gasteiger partial charge is 0.143 e. The van der Waals surface area contributed by atoms with E-state index >= 15 is 0 Å². The maximum Gasteiger partial charge on any atom is 0.143 e. The van der Waals surface area contributed by atoms with Gasteiger partial charge in [-0.1, -0.05) is 11.6 Å². The Kier molecular flexibility index (Phi) is 3.16. The lowest BCUT2D eigenvalue weighted by atomic mass is 10.1. The maximum absolute atomic E-state index is 13.5. The lowest BCUT2D eigenvalue weighted by molar-refractivity contribution is 0.620. The topological polar surface area (TPSA) is 43.8 Å². The van der Waals surface area contributed by atoms with Crippen molar-refractivity contribution in [3.63, 3.8) is 0 Å². The number of nitrogen functional groups attached to an aromatic ring is 1. The molecule has 0 spiro atoms. The SMILES string of the molecule is Cc1ccc(N)c(-c2nc3cc(F)ccc3n2C(C)C)c1. The molecular weight excluding hydrogens is 265 g/mol. The summed E-state index contributed by atoms with van der Waals surface area (Å²) in [4.78, 5) is 4.61. The van der Waals surface area contributed by atoms with Crippen molar-refractivity contribution in [3.05, 3.63) is 47.8 Å². The Labute approximate surface area is 123 Å². The van der Waals surface area contributed by atoms with Crippen molar-refractivity contribution in [1.82, 2.24) is 9.55 Å². The van der Waals surface area contributed by atoms with Gasteiger partial charge in [0.15, 0.2) is 0 Å². The highest BCUT2D eigenvalue weighted by molar-refractivity contribution is 5.84. The van der Waals surface area contributed by atoms with Crippen molar-refractivity contribution in [3.8, 4) is 11.4 Å². The van der Waals surface area contributed by atoms with Crippen molar-refractivity contribution in [2.24, 2.45) is 0 Å². The molecule has 0 aliphatic carbocycles. The van der Waals surface area contributed by atoms with Crippen LogP contribution in [0.25, 0.3) is 22.4 Å². The second-order valence-electron chi connectivity index (χ2n) is 5.62. The number of rotatable bonds is 2. The van der Waals surface area contributed by atoms with E-state index in [0.717, 1.165) is 22.5 Å². The molecule has 0 fully saturated rings. The van der Waals surface area contributed by atoms with E-state index in [1.807, 2.05) is 25.1 Å². The van der Waals surface area contributed by atoms with Crippen LogP contribution >= 0.6 is 0 Å². The molecule has 0 unspecified atom stereocenters. The Morgan fingerprint density at radius 3 is 2.62 bits per heavy atom. The number of nitrogens with zero attached hydrogens (tertiary/aromatic N) is 2. The predicted octanol–water partition coefficient (Wildman–Crippen LogP) is 4.31. The van der Waals surface area contributed by atoms with Gasteiger partial charge in [0, 0.05) is 23.4 Å². The highest BCUT2D eigenvalue weighted by Gasteiger charge is 2.17. The third-order valence-electron chi connectivity index (χ3n) is 3.62. The number of hydrogen-bond acceptors (Lipinski definition) is 2. The van der Waals surface area contributed by atoms with Gasteiger partial charge in [-0.15, -0.1) is 0 Å². The zero-order chi connectivity index (χ0) is 15.1. The Morgan fingerprint density at radius 1 is 1.14 bits per heavy atom. The minimum Gasteiger partial charge on any atom is -0.398 e. The molecule has 21 heavy (non-hydrogen) atoms. The lowest BCUT2D eigenvalue weighted by Gasteiger charge is -2.14. The zero-order valence-electron chi connectivity index (χ0n) is 12.4. The maximum atomic E-state index is 13.5. The molecule has 0 saturated heterocycles. The van der Waals surface area contributed by atoms with Crippen LogP contribution in [0.2, 0.25) is 0 Å². The average molecular weight is 283 g/mol. The molecule has 0 radical (unpaired) electrons. The molecule has 3 aromatic rings. The van der Waals surface area contributed by atoms with Gasteiger partial charge in [-0.05, 0) is 45.0 Å². The minimum absolute atomic E-state index is 0.204. The van der Waals surface area contributed by atoms with Crippen LogP contribution in [0.1, 0.15) is 25.5 Å². The van der Waals surface area contributed by atoms with Crippen LogP contribution in [0.3, 0.4) is 0 Å². The lowest BCUT2D eigenvalue weighted by Crippen LogP contribution is -2.04. The van der Waals surface area contributed by atoms with Gasteiger partial charge in [0.2, 0.25) is 0 Å². The molecule has 4 heteroatoms. The predicted molar refractivity (Wildman–Crippen MR) is 84.7 cm³/mol. The Balaban J connectivity index is 2.36. The first kappa shape index (κ1) is 13.6. The summed E-state index contributed by atoms with van der Waals surface area (Å²) in [7, 11) is 0. The van der Waals surface area contributed by atoms with Gasteiger partial charge in [0.1, 0.15) is 11.6 Å². The van der Waals surface area contributed by atoms with E-state index in [-0.39, 0.29) is 11.9 Å². The second-order valence-corrected chi connectivity index (χ2v) is 5.62. The van der Waals surface area contributed by atoms with Crippen molar-refractivity contribution in [2.75, 3.05) is 5.73 Å². The molecule has 0 atom stereocenters. The quantitative estimate of drug-likeness (QED) is 0.712. The molecule has 1 heterocycles. The second kappa shape index (κ2) is 4.88. The molecule has 0 saturated carbocycles. The summed E-state index contributed by atoms with van der Waals surface area (Å²) in [5.74, 6) is 0.506. The third-order valence-corrected chi connectivity index (χ3v) is 3.62. The van der Waals surface area contributed by atoms with Gasteiger partial charge < -0.3 is 10.3 Å². The van der Waals surface area contributed by atoms with E-state index in [1.54, 1.807) is 6.07 Å². The molecule has 3 rings (SSSR count). The fraction of sp³-hybridized carbons (Fsp3) is 0.235. The molecule has 0 amide bonds. The van der Waals surface area contributed by atoms with Gasteiger partial charge in [0.25, 0.3) is 0 Å². The molecule has 0 aliphatic rings. The average Bonchev–Trinajstić information content (AvgIpc) is 2.79. The molecule has 0 bridgehead atoms. The van der Waals surface area contributed by atoms with Crippen LogP contribution in [0.15, 0.2) is 36.4 Å². The number of imidazole rings is 1. The van der Waals surface area contributed by atoms with Crippen LogP contribution in [0.4, 0.5) is 10.1 Å². The normalized spacial score (nSPS) is 11.5. The summed E-state index contributed by atoms with van der Waals surface area (Å²) in [5.41, 5.74) is 10.4. The van der Waals surface area contributed by atoms with Crippen molar-refractivity contribution < 1.29 is 4.39 Å². The highest BCUT2D eigenvalue weighted by Crippen LogP contribution is 2.32. The number of aromatic nitrogens is 2.